The summed E-state index contributed by atoms with van der Waals surface area (Å²) in [5.41, 5.74) is 0.744. The molecule has 0 bridgehead atoms. The molecule has 6 nitrogen and oxygen atoms in total. The van der Waals surface area contributed by atoms with Gasteiger partial charge >= 0.3 is 6.03 Å². The molecule has 1 aromatic rings. The van der Waals surface area contributed by atoms with Crippen molar-refractivity contribution in [1.82, 2.24) is 20.0 Å². The number of alkyl halides is 1. The third-order valence-electron chi connectivity index (χ3n) is 5.11. The SMILES string of the molecule is O=C1NC[C@@H](C2CCCCCC2)C(=O)N1Cc1cnn(CCF)c1. The molecule has 2 heterocycles. The maximum atomic E-state index is 12.9. The topological polar surface area (TPSA) is 67.2 Å². The van der Waals surface area contributed by atoms with Crippen molar-refractivity contribution in [2.75, 3.05) is 13.2 Å². The van der Waals surface area contributed by atoms with Crippen molar-refractivity contribution in [2.45, 2.75) is 51.6 Å². The third-order valence-corrected chi connectivity index (χ3v) is 5.11. The molecule has 1 aromatic heterocycles. The molecule has 2 aliphatic rings. The number of nitrogens with one attached hydrogen (secondary N) is 1. The number of imide groups is 1. The predicted molar refractivity (Wildman–Crippen MR) is 86.8 cm³/mol. The number of nitrogens with zero attached hydrogens (tertiary/aromatic N) is 3. The molecular formula is C17H25FN4O2. The summed E-state index contributed by atoms with van der Waals surface area (Å²) >= 11 is 0. The fraction of sp³-hybridized carbons (Fsp3) is 0.706. The first kappa shape index (κ1) is 16.9. The van der Waals surface area contributed by atoms with Crippen LogP contribution in [0.1, 0.15) is 44.1 Å². The molecule has 1 aliphatic carbocycles. The predicted octanol–water partition coefficient (Wildman–Crippen LogP) is 2.49. The van der Waals surface area contributed by atoms with Gasteiger partial charge in [-0.1, -0.05) is 25.7 Å². The molecule has 0 spiro atoms. The Balaban J connectivity index is 1.68. The van der Waals surface area contributed by atoms with E-state index in [0.717, 1.165) is 18.4 Å². The molecule has 0 aromatic carbocycles. The first-order valence-corrected chi connectivity index (χ1v) is 8.85. The van der Waals surface area contributed by atoms with Gasteiger partial charge in [-0.15, -0.1) is 0 Å². The average Bonchev–Trinajstić information content (AvgIpc) is 2.83. The highest BCUT2D eigenvalue weighted by Crippen LogP contribution is 2.31. The van der Waals surface area contributed by atoms with E-state index in [2.05, 4.69) is 10.4 Å². The summed E-state index contributed by atoms with van der Waals surface area (Å²) in [4.78, 5) is 26.3. The Bertz CT molecular complexity index is 581. The van der Waals surface area contributed by atoms with E-state index in [9.17, 15) is 14.0 Å². The number of hydrogen-bond acceptors (Lipinski definition) is 3. The summed E-state index contributed by atoms with van der Waals surface area (Å²) in [6.45, 7) is 0.332. The number of hydrogen-bond donors (Lipinski definition) is 1. The first-order chi connectivity index (χ1) is 11.7. The van der Waals surface area contributed by atoms with Crippen LogP contribution in [0.4, 0.5) is 9.18 Å². The van der Waals surface area contributed by atoms with Crippen LogP contribution in [0.5, 0.6) is 0 Å². The van der Waals surface area contributed by atoms with Gasteiger partial charge in [0, 0.05) is 18.3 Å². The highest BCUT2D eigenvalue weighted by molar-refractivity contribution is 5.98. The maximum Gasteiger partial charge on any atom is 0.324 e. The summed E-state index contributed by atoms with van der Waals surface area (Å²) in [5, 5.41) is 6.91. The average molecular weight is 336 g/mol. The molecule has 1 saturated carbocycles. The van der Waals surface area contributed by atoms with E-state index in [0.29, 0.717) is 12.5 Å². The molecule has 2 fully saturated rings. The van der Waals surface area contributed by atoms with E-state index in [1.54, 1.807) is 12.4 Å². The van der Waals surface area contributed by atoms with Crippen LogP contribution >= 0.6 is 0 Å². The fourth-order valence-corrected chi connectivity index (χ4v) is 3.79. The first-order valence-electron chi connectivity index (χ1n) is 8.85. The van der Waals surface area contributed by atoms with Gasteiger partial charge in [-0.25, -0.2) is 9.18 Å². The Morgan fingerprint density at radius 1 is 1.21 bits per heavy atom. The Hall–Kier alpha value is -1.92. The van der Waals surface area contributed by atoms with Crippen molar-refractivity contribution in [1.29, 1.82) is 0 Å². The molecule has 1 saturated heterocycles. The maximum absolute atomic E-state index is 12.9. The number of carbonyl (C=O) groups excluding carboxylic acids is 2. The Morgan fingerprint density at radius 2 is 1.96 bits per heavy atom. The summed E-state index contributed by atoms with van der Waals surface area (Å²) in [5.74, 6) is 0.155. The van der Waals surface area contributed by atoms with E-state index in [1.165, 1.54) is 35.3 Å². The van der Waals surface area contributed by atoms with Crippen LogP contribution in [0.25, 0.3) is 0 Å². The second kappa shape index (κ2) is 7.77. The van der Waals surface area contributed by atoms with Crippen molar-refractivity contribution in [3.8, 4) is 0 Å². The van der Waals surface area contributed by atoms with Crippen LogP contribution in [-0.2, 0) is 17.9 Å². The minimum absolute atomic E-state index is 0.0797. The molecule has 132 valence electrons. The van der Waals surface area contributed by atoms with Crippen LogP contribution in [0.3, 0.4) is 0 Å². The second-order valence-electron chi connectivity index (χ2n) is 6.77. The molecule has 1 aliphatic heterocycles. The van der Waals surface area contributed by atoms with Crippen molar-refractivity contribution in [2.24, 2.45) is 11.8 Å². The normalized spacial score (nSPS) is 23.2. The summed E-state index contributed by atoms with van der Waals surface area (Å²) in [6, 6.07) is -0.344. The van der Waals surface area contributed by atoms with Gasteiger partial charge in [0.2, 0.25) is 5.91 Å². The Kier molecular flexibility index (Phi) is 5.48. The van der Waals surface area contributed by atoms with E-state index >= 15 is 0 Å². The number of rotatable bonds is 5. The van der Waals surface area contributed by atoms with E-state index in [1.807, 2.05) is 0 Å². The van der Waals surface area contributed by atoms with Gasteiger partial charge in [-0.05, 0) is 18.8 Å². The van der Waals surface area contributed by atoms with Gasteiger partial charge in [0.15, 0.2) is 0 Å². The fourth-order valence-electron chi connectivity index (χ4n) is 3.79. The molecule has 3 amide bonds. The molecule has 3 rings (SSSR count). The van der Waals surface area contributed by atoms with Crippen molar-refractivity contribution >= 4 is 11.9 Å². The Labute approximate surface area is 141 Å². The van der Waals surface area contributed by atoms with Crippen LogP contribution in [0, 0.1) is 11.8 Å². The molecular weight excluding hydrogens is 311 g/mol. The number of urea groups is 1. The smallest absolute Gasteiger partial charge is 0.324 e. The number of halogens is 1. The molecule has 0 unspecified atom stereocenters. The van der Waals surface area contributed by atoms with E-state index < -0.39 is 6.67 Å². The highest BCUT2D eigenvalue weighted by Gasteiger charge is 2.38. The van der Waals surface area contributed by atoms with Crippen LogP contribution in [0.15, 0.2) is 12.4 Å². The van der Waals surface area contributed by atoms with Gasteiger partial charge in [-0.2, -0.15) is 5.10 Å². The van der Waals surface area contributed by atoms with Gasteiger partial charge < -0.3 is 5.32 Å². The van der Waals surface area contributed by atoms with Gasteiger partial charge in [-0.3, -0.25) is 14.4 Å². The minimum atomic E-state index is -0.492. The van der Waals surface area contributed by atoms with Crippen LogP contribution in [0.2, 0.25) is 0 Å². The molecule has 24 heavy (non-hydrogen) atoms. The second-order valence-corrected chi connectivity index (χ2v) is 6.77. The Morgan fingerprint density at radius 3 is 2.67 bits per heavy atom. The zero-order valence-electron chi connectivity index (χ0n) is 13.9. The van der Waals surface area contributed by atoms with Gasteiger partial charge in [0.05, 0.1) is 25.2 Å². The van der Waals surface area contributed by atoms with E-state index in [-0.39, 0.29) is 30.9 Å². The lowest BCUT2D eigenvalue weighted by Gasteiger charge is -2.35. The van der Waals surface area contributed by atoms with Gasteiger partial charge in [0.1, 0.15) is 6.67 Å². The minimum Gasteiger partial charge on any atom is -0.337 e. The number of aryl methyl sites for hydroxylation is 1. The number of aromatic nitrogens is 2. The quantitative estimate of drug-likeness (QED) is 0.840. The van der Waals surface area contributed by atoms with Crippen molar-refractivity contribution in [3.63, 3.8) is 0 Å². The third kappa shape index (κ3) is 3.76. The lowest BCUT2D eigenvalue weighted by molar-refractivity contribution is -0.136. The van der Waals surface area contributed by atoms with Crippen LogP contribution < -0.4 is 5.32 Å². The number of carbonyl (C=O) groups is 2. The standard InChI is InChI=1S/C17H25FN4O2/c18-7-8-21-11-13(9-20-21)12-22-16(23)15(10-19-17(22)24)14-5-3-1-2-4-6-14/h9,11,14-15H,1-8,10,12H2,(H,19,24)/t15-/m0/s1. The lowest BCUT2D eigenvalue weighted by Crippen LogP contribution is -2.56. The molecule has 1 N–H and O–H groups in total. The van der Waals surface area contributed by atoms with Crippen molar-refractivity contribution < 1.29 is 14.0 Å². The van der Waals surface area contributed by atoms with Crippen molar-refractivity contribution in [3.05, 3.63) is 18.0 Å². The molecule has 1 atom stereocenters. The van der Waals surface area contributed by atoms with Gasteiger partial charge in [0.25, 0.3) is 0 Å². The highest BCUT2D eigenvalue weighted by atomic mass is 19.1. The molecule has 0 radical (unpaired) electrons. The summed E-state index contributed by atoms with van der Waals surface area (Å²) < 4.78 is 13.9. The lowest BCUT2D eigenvalue weighted by atomic mass is 9.84. The zero-order valence-corrected chi connectivity index (χ0v) is 13.9. The zero-order chi connectivity index (χ0) is 16.9. The molecule has 7 heteroatoms. The monoisotopic (exact) mass is 336 g/mol. The summed E-state index contributed by atoms with van der Waals surface area (Å²) in [6.07, 6.45) is 10.2. The summed E-state index contributed by atoms with van der Waals surface area (Å²) in [7, 11) is 0. The van der Waals surface area contributed by atoms with Crippen LogP contribution in [-0.4, -0.2) is 39.8 Å². The number of amides is 3. The largest absolute Gasteiger partial charge is 0.337 e. The van der Waals surface area contributed by atoms with E-state index in [4.69, 9.17) is 0 Å².